The van der Waals surface area contributed by atoms with Gasteiger partial charge in [0, 0.05) is 18.6 Å². The number of carbonyl (C=O) groups is 2. The highest BCUT2D eigenvalue weighted by atomic mass is 35.5. The van der Waals surface area contributed by atoms with E-state index in [1.165, 1.54) is 0 Å². The van der Waals surface area contributed by atoms with Gasteiger partial charge in [0.05, 0.1) is 16.8 Å². The van der Waals surface area contributed by atoms with E-state index >= 15 is 0 Å². The number of hydrogen-bond acceptors (Lipinski definition) is 7. The minimum Gasteiger partial charge on any atom is -0.492 e. The molecule has 3 aromatic carbocycles. The predicted octanol–water partition coefficient (Wildman–Crippen LogP) is 5.55. The summed E-state index contributed by atoms with van der Waals surface area (Å²) in [5.41, 5.74) is 1.68. The number of fused-ring (bicyclic) bond motifs is 1. The first-order chi connectivity index (χ1) is 17.4. The molecule has 1 amide bonds. The summed E-state index contributed by atoms with van der Waals surface area (Å²) in [6.07, 6.45) is -0.775. The van der Waals surface area contributed by atoms with E-state index < -0.39 is 18.6 Å². The van der Waals surface area contributed by atoms with E-state index in [0.717, 1.165) is 20.2 Å². The standard InChI is InChI=1S/C26H24ClN3O5S/c1-29(25-28-22-7-2-3-8-23(22)36-25)13-14-34-21-6-4-5-18(15-21)16-30(17-24(31)32)26(33)35-20-11-9-19(27)10-12-20/h2-12,15H,13-14,16-17H2,1H3,(H,31,32). The van der Waals surface area contributed by atoms with Gasteiger partial charge in [-0.2, -0.15) is 0 Å². The van der Waals surface area contributed by atoms with Gasteiger partial charge >= 0.3 is 12.1 Å². The molecule has 0 aliphatic rings. The van der Waals surface area contributed by atoms with Crippen molar-refractivity contribution in [2.45, 2.75) is 6.54 Å². The molecule has 0 atom stereocenters. The molecule has 0 bridgehead atoms. The van der Waals surface area contributed by atoms with Crippen LogP contribution in [0.25, 0.3) is 10.2 Å². The Morgan fingerprint density at radius 1 is 1.03 bits per heavy atom. The second-order valence-corrected chi connectivity index (χ2v) is 9.40. The molecule has 4 rings (SSSR count). The molecule has 0 aliphatic heterocycles. The fourth-order valence-corrected chi connectivity index (χ4v) is 4.47. The molecule has 0 radical (unpaired) electrons. The fourth-order valence-electron chi connectivity index (χ4n) is 3.39. The summed E-state index contributed by atoms with van der Waals surface area (Å²) < 4.78 is 12.4. The Bertz CT molecular complexity index is 1310. The SMILES string of the molecule is CN(CCOc1cccc(CN(CC(=O)O)C(=O)Oc2ccc(Cl)cc2)c1)c1nc2ccccc2s1. The molecule has 0 saturated heterocycles. The highest BCUT2D eigenvalue weighted by Gasteiger charge is 2.20. The Hall–Kier alpha value is -3.82. The highest BCUT2D eigenvalue weighted by molar-refractivity contribution is 7.22. The molecule has 4 aromatic rings. The number of aromatic nitrogens is 1. The number of carboxylic acid groups (broad SMARTS) is 1. The lowest BCUT2D eigenvalue weighted by molar-refractivity contribution is -0.138. The van der Waals surface area contributed by atoms with E-state index in [-0.39, 0.29) is 12.3 Å². The molecule has 0 spiro atoms. The Labute approximate surface area is 217 Å². The van der Waals surface area contributed by atoms with E-state index in [1.54, 1.807) is 53.8 Å². The molecule has 0 unspecified atom stereocenters. The third kappa shape index (κ3) is 6.87. The van der Waals surface area contributed by atoms with Crippen LogP contribution in [0, 0.1) is 0 Å². The lowest BCUT2D eigenvalue weighted by atomic mass is 10.2. The van der Waals surface area contributed by atoms with Crippen LogP contribution in [0.5, 0.6) is 11.5 Å². The Morgan fingerprint density at radius 3 is 2.56 bits per heavy atom. The Balaban J connectivity index is 1.35. The average Bonchev–Trinajstić information content (AvgIpc) is 3.30. The monoisotopic (exact) mass is 525 g/mol. The summed E-state index contributed by atoms with van der Waals surface area (Å²) in [6, 6.07) is 21.4. The van der Waals surface area contributed by atoms with E-state index in [0.29, 0.717) is 29.5 Å². The molecular weight excluding hydrogens is 502 g/mol. The number of carboxylic acids is 1. The Morgan fingerprint density at radius 2 is 1.81 bits per heavy atom. The molecule has 186 valence electrons. The number of benzene rings is 3. The molecule has 0 fully saturated rings. The zero-order chi connectivity index (χ0) is 25.5. The molecule has 1 heterocycles. The topological polar surface area (TPSA) is 92.2 Å². The number of para-hydroxylation sites is 1. The number of anilines is 1. The van der Waals surface area contributed by atoms with Gasteiger partial charge in [0.2, 0.25) is 0 Å². The molecule has 36 heavy (non-hydrogen) atoms. The predicted molar refractivity (Wildman–Crippen MR) is 140 cm³/mol. The van der Waals surface area contributed by atoms with Gasteiger partial charge in [-0.15, -0.1) is 0 Å². The first-order valence-corrected chi connectivity index (χ1v) is 12.3. The number of aliphatic carboxylic acids is 1. The van der Waals surface area contributed by atoms with Crippen LogP contribution in [-0.2, 0) is 11.3 Å². The summed E-state index contributed by atoms with van der Waals surface area (Å²) in [5.74, 6) is -0.256. The number of nitrogens with zero attached hydrogens (tertiary/aromatic N) is 3. The maximum atomic E-state index is 12.6. The zero-order valence-corrected chi connectivity index (χ0v) is 21.0. The molecule has 1 N–H and O–H groups in total. The summed E-state index contributed by atoms with van der Waals surface area (Å²) in [4.78, 5) is 31.8. The van der Waals surface area contributed by atoms with Crippen molar-refractivity contribution < 1.29 is 24.2 Å². The van der Waals surface area contributed by atoms with Gasteiger partial charge in [0.1, 0.15) is 24.7 Å². The average molecular weight is 526 g/mol. The molecule has 0 saturated carbocycles. The maximum absolute atomic E-state index is 12.6. The minimum atomic E-state index is -1.15. The smallest absolute Gasteiger partial charge is 0.416 e. The maximum Gasteiger partial charge on any atom is 0.416 e. The van der Waals surface area contributed by atoms with Crippen LogP contribution in [-0.4, -0.2) is 53.8 Å². The van der Waals surface area contributed by atoms with Gasteiger partial charge in [-0.1, -0.05) is 47.2 Å². The Kier molecular flexibility index (Phi) is 8.24. The second kappa shape index (κ2) is 11.7. The summed E-state index contributed by atoms with van der Waals surface area (Å²) in [6.45, 7) is 0.585. The summed E-state index contributed by atoms with van der Waals surface area (Å²) >= 11 is 7.48. The number of thiazole rings is 1. The van der Waals surface area contributed by atoms with Crippen molar-refractivity contribution in [2.75, 3.05) is 31.6 Å². The fraction of sp³-hybridized carbons (Fsp3) is 0.192. The van der Waals surface area contributed by atoms with Gasteiger partial charge in [-0.05, 0) is 54.1 Å². The van der Waals surface area contributed by atoms with E-state index in [1.807, 2.05) is 42.3 Å². The van der Waals surface area contributed by atoms with Crippen molar-refractivity contribution in [1.29, 1.82) is 0 Å². The lowest BCUT2D eigenvalue weighted by Gasteiger charge is -2.21. The van der Waals surface area contributed by atoms with Crippen molar-refractivity contribution in [3.05, 3.63) is 83.4 Å². The summed E-state index contributed by atoms with van der Waals surface area (Å²) in [7, 11) is 1.97. The summed E-state index contributed by atoms with van der Waals surface area (Å²) in [5, 5.41) is 10.7. The van der Waals surface area contributed by atoms with Gasteiger partial charge in [0.15, 0.2) is 5.13 Å². The first kappa shape index (κ1) is 25.3. The number of amides is 1. The van der Waals surface area contributed by atoms with Crippen LogP contribution in [0.1, 0.15) is 5.56 Å². The molecule has 0 aliphatic carbocycles. The number of ether oxygens (including phenoxy) is 2. The number of carbonyl (C=O) groups excluding carboxylic acids is 1. The van der Waals surface area contributed by atoms with Crippen LogP contribution in [0.2, 0.25) is 5.02 Å². The molecule has 10 heteroatoms. The molecule has 1 aromatic heterocycles. The normalized spacial score (nSPS) is 10.7. The van der Waals surface area contributed by atoms with Crippen LogP contribution in [0.15, 0.2) is 72.8 Å². The largest absolute Gasteiger partial charge is 0.492 e. The van der Waals surface area contributed by atoms with Crippen molar-refractivity contribution in [2.24, 2.45) is 0 Å². The minimum absolute atomic E-state index is 0.0432. The lowest BCUT2D eigenvalue weighted by Crippen LogP contribution is -2.37. The van der Waals surface area contributed by atoms with Crippen LogP contribution >= 0.6 is 22.9 Å². The number of hydrogen-bond donors (Lipinski definition) is 1. The first-order valence-electron chi connectivity index (χ1n) is 11.1. The quantitative estimate of drug-likeness (QED) is 0.290. The van der Waals surface area contributed by atoms with Crippen molar-refractivity contribution >= 4 is 50.3 Å². The zero-order valence-electron chi connectivity index (χ0n) is 19.5. The van der Waals surface area contributed by atoms with E-state index in [4.69, 9.17) is 21.1 Å². The second-order valence-electron chi connectivity index (χ2n) is 7.95. The van der Waals surface area contributed by atoms with Gasteiger partial charge in [0.25, 0.3) is 0 Å². The third-order valence-corrected chi connectivity index (χ3v) is 6.58. The van der Waals surface area contributed by atoms with Crippen LogP contribution in [0.3, 0.4) is 0 Å². The third-order valence-electron chi connectivity index (χ3n) is 5.18. The number of likely N-dealkylation sites (N-methyl/N-ethyl adjacent to an activating group) is 1. The van der Waals surface area contributed by atoms with Crippen molar-refractivity contribution in [3.63, 3.8) is 0 Å². The van der Waals surface area contributed by atoms with E-state index in [9.17, 15) is 14.7 Å². The van der Waals surface area contributed by atoms with E-state index in [2.05, 4.69) is 4.98 Å². The molecular formula is C26H24ClN3O5S. The van der Waals surface area contributed by atoms with Crippen molar-refractivity contribution in [1.82, 2.24) is 9.88 Å². The van der Waals surface area contributed by atoms with Gasteiger partial charge < -0.3 is 19.5 Å². The van der Waals surface area contributed by atoms with Crippen LogP contribution < -0.4 is 14.4 Å². The number of halogens is 1. The highest BCUT2D eigenvalue weighted by Crippen LogP contribution is 2.27. The van der Waals surface area contributed by atoms with Crippen LogP contribution in [0.4, 0.5) is 9.93 Å². The van der Waals surface area contributed by atoms with Gasteiger partial charge in [-0.3, -0.25) is 9.69 Å². The molecule has 8 nitrogen and oxygen atoms in total. The number of rotatable bonds is 10. The van der Waals surface area contributed by atoms with Gasteiger partial charge in [-0.25, -0.2) is 9.78 Å². The van der Waals surface area contributed by atoms with Crippen molar-refractivity contribution in [3.8, 4) is 11.5 Å².